The first-order valence-electron chi connectivity index (χ1n) is 7.86. The zero-order chi connectivity index (χ0) is 14.3. The molecule has 1 N–H and O–H groups in total. The van der Waals surface area contributed by atoms with E-state index in [1.54, 1.807) is 0 Å². The van der Waals surface area contributed by atoms with Gasteiger partial charge in [-0.15, -0.1) is 0 Å². The number of hydrogen-bond acceptors (Lipinski definition) is 2. The third kappa shape index (κ3) is 2.19. The number of hydrogen-bond donors (Lipinski definition) is 1. The molecule has 3 fully saturated rings. The molecule has 3 aliphatic rings. The highest BCUT2D eigenvalue weighted by Gasteiger charge is 2.46. The Morgan fingerprint density at radius 3 is 2.29 bits per heavy atom. The zero-order valence-corrected chi connectivity index (χ0v) is 12.2. The number of nitrogens with zero attached hydrogens (tertiary/aromatic N) is 1. The van der Waals surface area contributed by atoms with Gasteiger partial charge in [0.1, 0.15) is 5.60 Å². The van der Waals surface area contributed by atoms with E-state index in [0.29, 0.717) is 5.92 Å². The molecule has 3 heterocycles. The van der Waals surface area contributed by atoms with Crippen LogP contribution in [0.15, 0.2) is 54.6 Å². The number of rotatable bonds is 2. The minimum absolute atomic E-state index is 0.411. The lowest BCUT2D eigenvalue weighted by molar-refractivity contribution is -0.117. The predicted octanol–water partition coefficient (Wildman–Crippen LogP) is 3.27. The molecule has 108 valence electrons. The molecule has 21 heavy (non-hydrogen) atoms. The summed E-state index contributed by atoms with van der Waals surface area (Å²) in [4.78, 5) is 2.40. The van der Waals surface area contributed by atoms with E-state index < -0.39 is 5.60 Å². The second-order valence-corrected chi connectivity index (χ2v) is 6.42. The van der Waals surface area contributed by atoms with Gasteiger partial charge in [0.15, 0.2) is 0 Å². The first-order valence-corrected chi connectivity index (χ1v) is 7.86. The van der Waals surface area contributed by atoms with Crippen LogP contribution < -0.4 is 0 Å². The van der Waals surface area contributed by atoms with Crippen LogP contribution in [-0.4, -0.2) is 29.6 Å². The lowest BCUT2D eigenvalue weighted by atomic mass is 9.71. The maximum absolute atomic E-state index is 11.3. The SMILES string of the molecule is O[C@@]1(c2cccc(-c3ccccc3)c2)CN2CCC1CC2. The summed E-state index contributed by atoms with van der Waals surface area (Å²) in [6, 6.07) is 18.9. The Morgan fingerprint density at radius 2 is 1.62 bits per heavy atom. The summed E-state index contributed by atoms with van der Waals surface area (Å²) < 4.78 is 0. The Kier molecular flexibility index (Phi) is 3.09. The van der Waals surface area contributed by atoms with E-state index in [2.05, 4.69) is 53.4 Å². The number of fused-ring (bicyclic) bond motifs is 3. The lowest BCUT2D eigenvalue weighted by Gasteiger charge is -2.50. The molecule has 2 heteroatoms. The molecule has 0 spiro atoms. The quantitative estimate of drug-likeness (QED) is 0.912. The second kappa shape index (κ2) is 4.97. The van der Waals surface area contributed by atoms with E-state index in [1.165, 1.54) is 11.1 Å². The summed E-state index contributed by atoms with van der Waals surface area (Å²) in [7, 11) is 0. The van der Waals surface area contributed by atoms with Crippen molar-refractivity contribution >= 4 is 0 Å². The normalized spacial score (nSPS) is 31.3. The molecule has 2 nitrogen and oxygen atoms in total. The van der Waals surface area contributed by atoms with E-state index in [-0.39, 0.29) is 0 Å². The number of piperidine rings is 3. The summed E-state index contributed by atoms with van der Waals surface area (Å²) in [5.41, 5.74) is 2.82. The summed E-state index contributed by atoms with van der Waals surface area (Å²) in [6.07, 6.45) is 2.23. The summed E-state index contributed by atoms with van der Waals surface area (Å²) in [5.74, 6) is 0.411. The zero-order valence-electron chi connectivity index (χ0n) is 12.2. The molecule has 0 saturated carbocycles. The van der Waals surface area contributed by atoms with Crippen molar-refractivity contribution in [2.75, 3.05) is 19.6 Å². The van der Waals surface area contributed by atoms with Gasteiger partial charge in [0.2, 0.25) is 0 Å². The molecule has 3 saturated heterocycles. The van der Waals surface area contributed by atoms with Crippen molar-refractivity contribution in [3.8, 4) is 11.1 Å². The van der Waals surface area contributed by atoms with E-state index in [0.717, 1.165) is 38.0 Å². The van der Waals surface area contributed by atoms with Gasteiger partial charge in [-0.2, -0.15) is 0 Å². The smallest absolute Gasteiger partial charge is 0.105 e. The van der Waals surface area contributed by atoms with Crippen LogP contribution in [0.1, 0.15) is 18.4 Å². The molecular weight excluding hydrogens is 258 g/mol. The topological polar surface area (TPSA) is 23.5 Å². The molecule has 0 amide bonds. The van der Waals surface area contributed by atoms with Crippen LogP contribution in [0.5, 0.6) is 0 Å². The molecular formula is C19H21NO. The summed E-state index contributed by atoms with van der Waals surface area (Å²) >= 11 is 0. The Bertz CT molecular complexity index is 631. The van der Waals surface area contributed by atoms with Crippen molar-refractivity contribution in [1.82, 2.24) is 4.90 Å². The van der Waals surface area contributed by atoms with Crippen molar-refractivity contribution in [2.45, 2.75) is 18.4 Å². The fraction of sp³-hybridized carbons (Fsp3) is 0.368. The van der Waals surface area contributed by atoms with Crippen molar-refractivity contribution < 1.29 is 5.11 Å². The third-order valence-corrected chi connectivity index (χ3v) is 5.20. The molecule has 0 aliphatic carbocycles. The highest BCUT2D eigenvalue weighted by molar-refractivity contribution is 5.64. The fourth-order valence-corrected chi connectivity index (χ4v) is 3.96. The molecule has 2 bridgehead atoms. The van der Waals surface area contributed by atoms with Crippen LogP contribution >= 0.6 is 0 Å². The maximum atomic E-state index is 11.3. The molecule has 0 aromatic heterocycles. The summed E-state index contributed by atoms with van der Waals surface area (Å²) in [6.45, 7) is 3.08. The first kappa shape index (κ1) is 13.1. The van der Waals surface area contributed by atoms with Crippen LogP contribution in [0.4, 0.5) is 0 Å². The minimum atomic E-state index is -0.665. The van der Waals surface area contributed by atoms with Gasteiger partial charge in [0.05, 0.1) is 0 Å². The van der Waals surface area contributed by atoms with Crippen LogP contribution in [0, 0.1) is 5.92 Å². The second-order valence-electron chi connectivity index (χ2n) is 6.42. The van der Waals surface area contributed by atoms with Crippen LogP contribution in [0.2, 0.25) is 0 Å². The van der Waals surface area contributed by atoms with Gasteiger partial charge in [-0.25, -0.2) is 0 Å². The first-order chi connectivity index (χ1) is 10.3. The standard InChI is InChI=1S/C19H21NO/c21-19(14-20-11-9-17(19)10-12-20)18-8-4-7-16(13-18)15-5-2-1-3-6-15/h1-8,13,17,21H,9-12,14H2/t19-/m0/s1. The average molecular weight is 279 g/mol. The predicted molar refractivity (Wildman–Crippen MR) is 84.9 cm³/mol. The summed E-state index contributed by atoms with van der Waals surface area (Å²) in [5, 5.41) is 11.3. The fourth-order valence-electron chi connectivity index (χ4n) is 3.96. The lowest BCUT2D eigenvalue weighted by Crippen LogP contribution is -2.57. The third-order valence-electron chi connectivity index (χ3n) is 5.20. The molecule has 0 unspecified atom stereocenters. The molecule has 3 aliphatic heterocycles. The maximum Gasteiger partial charge on any atom is 0.105 e. The van der Waals surface area contributed by atoms with E-state index in [1.807, 2.05) is 6.07 Å². The Labute approximate surface area is 126 Å². The average Bonchev–Trinajstić information content (AvgIpc) is 2.57. The van der Waals surface area contributed by atoms with Gasteiger partial charge in [-0.3, -0.25) is 0 Å². The molecule has 1 atom stereocenters. The van der Waals surface area contributed by atoms with Gasteiger partial charge in [-0.05, 0) is 54.6 Å². The monoisotopic (exact) mass is 279 g/mol. The van der Waals surface area contributed by atoms with Crippen molar-refractivity contribution in [3.05, 3.63) is 60.2 Å². The van der Waals surface area contributed by atoms with Crippen molar-refractivity contribution in [2.24, 2.45) is 5.92 Å². The van der Waals surface area contributed by atoms with Crippen molar-refractivity contribution in [3.63, 3.8) is 0 Å². The van der Waals surface area contributed by atoms with Crippen LogP contribution in [0.3, 0.4) is 0 Å². The molecule has 5 rings (SSSR count). The van der Waals surface area contributed by atoms with Gasteiger partial charge < -0.3 is 10.0 Å². The van der Waals surface area contributed by atoms with E-state index in [9.17, 15) is 5.11 Å². The van der Waals surface area contributed by atoms with Gasteiger partial charge in [0, 0.05) is 6.54 Å². The number of aliphatic hydroxyl groups is 1. The Hall–Kier alpha value is -1.64. The van der Waals surface area contributed by atoms with E-state index in [4.69, 9.17) is 0 Å². The molecule has 2 aromatic carbocycles. The van der Waals surface area contributed by atoms with Crippen LogP contribution in [0.25, 0.3) is 11.1 Å². The molecule has 0 radical (unpaired) electrons. The highest BCUT2D eigenvalue weighted by atomic mass is 16.3. The highest BCUT2D eigenvalue weighted by Crippen LogP contribution is 2.43. The number of benzene rings is 2. The van der Waals surface area contributed by atoms with Crippen molar-refractivity contribution in [1.29, 1.82) is 0 Å². The van der Waals surface area contributed by atoms with Crippen LogP contribution in [-0.2, 0) is 5.60 Å². The minimum Gasteiger partial charge on any atom is -0.384 e. The van der Waals surface area contributed by atoms with Gasteiger partial charge in [-0.1, -0.05) is 48.5 Å². The van der Waals surface area contributed by atoms with Gasteiger partial charge >= 0.3 is 0 Å². The molecule has 2 aromatic rings. The van der Waals surface area contributed by atoms with Gasteiger partial charge in [0.25, 0.3) is 0 Å². The Morgan fingerprint density at radius 1 is 0.905 bits per heavy atom. The van der Waals surface area contributed by atoms with E-state index >= 15 is 0 Å². The Balaban J connectivity index is 1.73. The largest absolute Gasteiger partial charge is 0.384 e.